The number of rotatable bonds is 12. The molecule has 2 N–H and O–H groups in total. The normalized spacial score (nSPS) is 17.3. The minimum atomic E-state index is 0. The highest BCUT2D eigenvalue weighted by molar-refractivity contribution is 14.0. The summed E-state index contributed by atoms with van der Waals surface area (Å²) in [6.07, 6.45) is 9.41. The van der Waals surface area contributed by atoms with E-state index in [0.29, 0.717) is 12.6 Å². The molecule has 1 rings (SSSR count). The molecule has 6 nitrogen and oxygen atoms in total. The van der Waals surface area contributed by atoms with Crippen LogP contribution in [0.15, 0.2) is 4.99 Å². The van der Waals surface area contributed by atoms with Crippen molar-refractivity contribution in [2.75, 3.05) is 53.5 Å². The number of hydrogen-bond donors (Lipinski definition) is 2. The van der Waals surface area contributed by atoms with Crippen molar-refractivity contribution in [1.82, 2.24) is 15.5 Å². The monoisotopic (exact) mass is 498 g/mol. The molecule has 0 radical (unpaired) electrons. The van der Waals surface area contributed by atoms with Crippen LogP contribution in [0.1, 0.15) is 58.8 Å². The van der Waals surface area contributed by atoms with Crippen LogP contribution in [0.2, 0.25) is 0 Å². The number of nitrogens with zero attached hydrogens (tertiary/aromatic N) is 2. The van der Waals surface area contributed by atoms with Gasteiger partial charge < -0.3 is 25.0 Å². The zero-order valence-corrected chi connectivity index (χ0v) is 20.3. The molecule has 7 heteroatoms. The van der Waals surface area contributed by atoms with Crippen molar-refractivity contribution in [3.8, 4) is 0 Å². The number of halogens is 1. The molecular weight excluding hydrogens is 455 g/mol. The van der Waals surface area contributed by atoms with Crippen LogP contribution in [0.3, 0.4) is 0 Å². The Hall–Kier alpha value is -0.120. The molecule has 1 unspecified atom stereocenters. The fourth-order valence-electron chi connectivity index (χ4n) is 3.20. The summed E-state index contributed by atoms with van der Waals surface area (Å²) in [5, 5.41) is 6.70. The van der Waals surface area contributed by atoms with E-state index in [-0.39, 0.29) is 30.1 Å². The van der Waals surface area contributed by atoms with E-state index in [9.17, 15) is 0 Å². The molecule has 1 aliphatic rings. The lowest BCUT2D eigenvalue weighted by molar-refractivity contribution is 0.0467. The van der Waals surface area contributed by atoms with Crippen LogP contribution in [-0.2, 0) is 9.47 Å². The molecule has 0 amide bonds. The fraction of sp³-hybridized carbons (Fsp3) is 0.950. The molecule has 0 aliphatic heterocycles. The molecule has 0 aromatic rings. The zero-order valence-electron chi connectivity index (χ0n) is 18.0. The van der Waals surface area contributed by atoms with Crippen molar-refractivity contribution in [2.45, 2.75) is 71.0 Å². The highest BCUT2D eigenvalue weighted by atomic mass is 127. The third-order valence-electron chi connectivity index (χ3n) is 4.65. The van der Waals surface area contributed by atoms with Gasteiger partial charge in [-0.1, -0.05) is 25.7 Å². The zero-order chi connectivity index (χ0) is 19.0. The van der Waals surface area contributed by atoms with Crippen molar-refractivity contribution < 1.29 is 9.47 Å². The molecule has 0 bridgehead atoms. The Morgan fingerprint density at radius 2 is 1.81 bits per heavy atom. The third-order valence-corrected chi connectivity index (χ3v) is 4.65. The van der Waals surface area contributed by atoms with E-state index in [1.54, 1.807) is 0 Å². The molecule has 1 fully saturated rings. The molecule has 1 aliphatic carbocycles. The molecule has 0 aromatic carbocycles. The molecule has 1 atom stereocenters. The van der Waals surface area contributed by atoms with Gasteiger partial charge in [-0.3, -0.25) is 4.99 Å². The first-order valence-corrected chi connectivity index (χ1v) is 10.6. The highest BCUT2D eigenvalue weighted by Crippen LogP contribution is 2.19. The average molecular weight is 498 g/mol. The average Bonchev–Trinajstić information content (AvgIpc) is 2.89. The number of ether oxygens (including phenoxy) is 2. The second kappa shape index (κ2) is 17.9. The van der Waals surface area contributed by atoms with Gasteiger partial charge in [0.05, 0.1) is 25.4 Å². The number of hydrogen-bond acceptors (Lipinski definition) is 4. The van der Waals surface area contributed by atoms with E-state index in [1.807, 2.05) is 6.92 Å². The molecule has 0 spiro atoms. The van der Waals surface area contributed by atoms with E-state index in [2.05, 4.69) is 36.6 Å². The largest absolute Gasteiger partial charge is 0.377 e. The van der Waals surface area contributed by atoms with Crippen molar-refractivity contribution in [1.29, 1.82) is 0 Å². The van der Waals surface area contributed by atoms with Crippen molar-refractivity contribution in [2.24, 2.45) is 4.99 Å². The van der Waals surface area contributed by atoms with Gasteiger partial charge in [-0.2, -0.15) is 0 Å². The quantitative estimate of drug-likeness (QED) is 0.142. The first kappa shape index (κ1) is 26.9. The van der Waals surface area contributed by atoms with Gasteiger partial charge in [0, 0.05) is 26.2 Å². The predicted octanol–water partition coefficient (Wildman–Crippen LogP) is 3.26. The second-order valence-electron chi connectivity index (χ2n) is 7.30. The Bertz CT molecular complexity index is 362. The molecular formula is C20H43IN4O2. The topological polar surface area (TPSA) is 58.1 Å². The lowest BCUT2D eigenvalue weighted by Crippen LogP contribution is -2.40. The van der Waals surface area contributed by atoms with Gasteiger partial charge in [-0.05, 0) is 47.2 Å². The maximum atomic E-state index is 6.05. The van der Waals surface area contributed by atoms with Gasteiger partial charge in [0.25, 0.3) is 0 Å². The number of nitrogens with one attached hydrogen (secondary N) is 2. The highest BCUT2D eigenvalue weighted by Gasteiger charge is 2.12. The molecule has 0 saturated heterocycles. The molecule has 0 aromatic heterocycles. The van der Waals surface area contributed by atoms with Gasteiger partial charge in [0.1, 0.15) is 0 Å². The maximum Gasteiger partial charge on any atom is 0.191 e. The van der Waals surface area contributed by atoms with Crippen LogP contribution in [0.25, 0.3) is 0 Å². The van der Waals surface area contributed by atoms with Crippen LogP contribution in [0.5, 0.6) is 0 Å². The summed E-state index contributed by atoms with van der Waals surface area (Å²) in [6.45, 7) is 8.94. The van der Waals surface area contributed by atoms with Crippen LogP contribution in [0, 0.1) is 0 Å². The third kappa shape index (κ3) is 14.5. The van der Waals surface area contributed by atoms with Crippen LogP contribution < -0.4 is 10.6 Å². The lowest BCUT2D eigenvalue weighted by atomic mass is 10.1. The van der Waals surface area contributed by atoms with Gasteiger partial charge >= 0.3 is 0 Å². The smallest absolute Gasteiger partial charge is 0.191 e. The number of guanidine groups is 1. The van der Waals surface area contributed by atoms with E-state index in [1.165, 1.54) is 38.5 Å². The Morgan fingerprint density at radius 3 is 2.41 bits per heavy atom. The van der Waals surface area contributed by atoms with Gasteiger partial charge in [0.2, 0.25) is 0 Å². The standard InChI is InChI=1S/C20H42N4O2.HI/c1-5-21-20(23-17-19(25-6-2)13-15-24(3)4)22-14-16-26-18-11-9-7-8-10-12-18;/h18-19H,5-17H2,1-4H3,(H2,21,22,23);1H. The fourth-order valence-corrected chi connectivity index (χ4v) is 3.20. The van der Waals surface area contributed by atoms with Gasteiger partial charge in [-0.15, -0.1) is 24.0 Å². The Labute approximate surface area is 184 Å². The van der Waals surface area contributed by atoms with Crippen molar-refractivity contribution >= 4 is 29.9 Å². The molecule has 0 heterocycles. The van der Waals surface area contributed by atoms with E-state index < -0.39 is 0 Å². The summed E-state index contributed by atoms with van der Waals surface area (Å²) in [5.74, 6) is 0.853. The minimum Gasteiger partial charge on any atom is -0.377 e. The van der Waals surface area contributed by atoms with Crippen LogP contribution >= 0.6 is 24.0 Å². The Kier molecular flexibility index (Phi) is 17.9. The summed E-state index contributed by atoms with van der Waals surface area (Å²) in [4.78, 5) is 6.89. The predicted molar refractivity (Wildman–Crippen MR) is 125 cm³/mol. The second-order valence-corrected chi connectivity index (χ2v) is 7.30. The summed E-state index contributed by atoms with van der Waals surface area (Å²) in [6, 6.07) is 0. The van der Waals surface area contributed by atoms with Crippen LogP contribution in [0.4, 0.5) is 0 Å². The van der Waals surface area contributed by atoms with Crippen molar-refractivity contribution in [3.05, 3.63) is 0 Å². The van der Waals surface area contributed by atoms with Crippen LogP contribution in [-0.4, -0.2) is 76.6 Å². The minimum absolute atomic E-state index is 0. The summed E-state index contributed by atoms with van der Waals surface area (Å²) in [7, 11) is 4.18. The Balaban J connectivity index is 0.00000676. The number of aliphatic imine (C=N–C) groups is 1. The molecule has 27 heavy (non-hydrogen) atoms. The van der Waals surface area contributed by atoms with Gasteiger partial charge in [-0.25, -0.2) is 0 Å². The SMILES string of the molecule is CCNC(=NCC(CCN(C)C)OCC)NCCOC1CCCCCC1.I. The summed E-state index contributed by atoms with van der Waals surface area (Å²) >= 11 is 0. The molecule has 1 saturated carbocycles. The first-order chi connectivity index (χ1) is 12.7. The van der Waals surface area contributed by atoms with E-state index >= 15 is 0 Å². The van der Waals surface area contributed by atoms with Crippen molar-refractivity contribution in [3.63, 3.8) is 0 Å². The van der Waals surface area contributed by atoms with Gasteiger partial charge in [0.15, 0.2) is 5.96 Å². The summed E-state index contributed by atoms with van der Waals surface area (Å²) in [5.41, 5.74) is 0. The van der Waals surface area contributed by atoms with E-state index in [0.717, 1.165) is 45.2 Å². The first-order valence-electron chi connectivity index (χ1n) is 10.6. The summed E-state index contributed by atoms with van der Waals surface area (Å²) < 4.78 is 11.9. The maximum absolute atomic E-state index is 6.05. The van der Waals surface area contributed by atoms with E-state index in [4.69, 9.17) is 14.5 Å². The Morgan fingerprint density at radius 1 is 1.11 bits per heavy atom. The lowest BCUT2D eigenvalue weighted by Gasteiger charge is -2.19. The molecule has 162 valence electrons.